The Morgan fingerprint density at radius 3 is 2.78 bits per heavy atom. The van der Waals surface area contributed by atoms with E-state index in [0.29, 0.717) is 24.7 Å². The summed E-state index contributed by atoms with van der Waals surface area (Å²) in [7, 11) is 1.62. The molecule has 138 valence electrons. The summed E-state index contributed by atoms with van der Waals surface area (Å²) in [5.74, 6) is 1.78. The van der Waals surface area contributed by atoms with Gasteiger partial charge < -0.3 is 14.2 Å². The van der Waals surface area contributed by atoms with Crippen LogP contribution >= 0.6 is 11.8 Å². The molecule has 1 atom stereocenters. The molecule has 0 N–H and O–H groups in total. The van der Waals surface area contributed by atoms with Gasteiger partial charge in [0, 0.05) is 35.0 Å². The molecule has 2 heterocycles. The van der Waals surface area contributed by atoms with Crippen LogP contribution in [0.1, 0.15) is 18.2 Å². The number of rotatable bonds is 5. The van der Waals surface area contributed by atoms with Gasteiger partial charge in [-0.25, -0.2) is 0 Å². The van der Waals surface area contributed by atoms with Gasteiger partial charge in [0.1, 0.15) is 5.75 Å². The van der Waals surface area contributed by atoms with Crippen molar-refractivity contribution in [3.05, 3.63) is 54.4 Å². The fraction of sp³-hybridized carbons (Fsp3) is 0.250. The van der Waals surface area contributed by atoms with E-state index in [1.807, 2.05) is 54.8 Å². The molecule has 1 aliphatic heterocycles. The summed E-state index contributed by atoms with van der Waals surface area (Å²) in [6, 6.07) is 15.4. The lowest BCUT2D eigenvalue weighted by Crippen LogP contribution is -2.24. The number of amides is 1. The van der Waals surface area contributed by atoms with Crippen molar-refractivity contribution < 1.29 is 14.1 Å². The molecule has 4 rings (SSSR count). The number of anilines is 1. The Kier molecular flexibility index (Phi) is 4.85. The van der Waals surface area contributed by atoms with E-state index < -0.39 is 0 Å². The topological polar surface area (TPSA) is 68.5 Å². The molecule has 0 bridgehead atoms. The Balaban J connectivity index is 1.53. The number of carbonyl (C=O) groups is 1. The quantitative estimate of drug-likeness (QED) is 0.623. The van der Waals surface area contributed by atoms with Crippen LogP contribution in [0.25, 0.3) is 11.5 Å². The molecule has 0 radical (unpaired) electrons. The summed E-state index contributed by atoms with van der Waals surface area (Å²) in [6.45, 7) is 0.554. The van der Waals surface area contributed by atoms with Gasteiger partial charge in [-0.3, -0.25) is 4.79 Å². The van der Waals surface area contributed by atoms with E-state index in [1.54, 1.807) is 23.8 Å². The fourth-order valence-corrected chi connectivity index (χ4v) is 3.61. The first kappa shape index (κ1) is 17.6. The highest BCUT2D eigenvalue weighted by molar-refractivity contribution is 7.98. The third-order valence-electron chi connectivity index (χ3n) is 4.63. The van der Waals surface area contributed by atoms with Crippen molar-refractivity contribution in [2.45, 2.75) is 17.2 Å². The van der Waals surface area contributed by atoms with Crippen LogP contribution in [0.3, 0.4) is 0 Å². The van der Waals surface area contributed by atoms with E-state index in [2.05, 4.69) is 10.1 Å². The van der Waals surface area contributed by atoms with Gasteiger partial charge in [-0.1, -0.05) is 11.2 Å². The molecule has 1 unspecified atom stereocenters. The van der Waals surface area contributed by atoms with Gasteiger partial charge in [-0.15, -0.1) is 11.8 Å². The Morgan fingerprint density at radius 1 is 1.22 bits per heavy atom. The zero-order valence-corrected chi connectivity index (χ0v) is 15.9. The number of carbonyl (C=O) groups excluding carboxylic acids is 1. The summed E-state index contributed by atoms with van der Waals surface area (Å²) in [6.07, 6.45) is 2.40. The summed E-state index contributed by atoms with van der Waals surface area (Å²) < 4.78 is 10.6. The molecule has 1 fully saturated rings. The van der Waals surface area contributed by atoms with E-state index in [9.17, 15) is 4.79 Å². The molecule has 0 saturated carbocycles. The second kappa shape index (κ2) is 7.44. The lowest BCUT2D eigenvalue weighted by atomic mass is 10.1. The normalized spacial score (nSPS) is 16.7. The van der Waals surface area contributed by atoms with Crippen molar-refractivity contribution in [1.82, 2.24) is 10.1 Å². The largest absolute Gasteiger partial charge is 0.497 e. The number of hydrogen-bond acceptors (Lipinski definition) is 6. The van der Waals surface area contributed by atoms with Gasteiger partial charge in [0.2, 0.25) is 5.91 Å². The minimum Gasteiger partial charge on any atom is -0.497 e. The van der Waals surface area contributed by atoms with Crippen molar-refractivity contribution in [2.75, 3.05) is 24.8 Å². The smallest absolute Gasteiger partial charge is 0.257 e. The number of nitrogens with zero attached hydrogens (tertiary/aromatic N) is 3. The Hall–Kier alpha value is -2.80. The summed E-state index contributed by atoms with van der Waals surface area (Å²) in [5.41, 5.74) is 1.73. The number of methoxy groups -OCH3 is 1. The van der Waals surface area contributed by atoms with Gasteiger partial charge in [-0.2, -0.15) is 4.98 Å². The molecule has 2 aromatic carbocycles. The lowest BCUT2D eigenvalue weighted by molar-refractivity contribution is -0.117. The number of thioether (sulfide) groups is 1. The predicted octanol–water partition coefficient (Wildman–Crippen LogP) is 3.99. The van der Waals surface area contributed by atoms with Gasteiger partial charge in [0.25, 0.3) is 5.89 Å². The molecule has 7 heteroatoms. The first-order valence-electron chi connectivity index (χ1n) is 8.60. The van der Waals surface area contributed by atoms with Crippen molar-refractivity contribution in [3.63, 3.8) is 0 Å². The molecule has 1 aromatic heterocycles. The zero-order chi connectivity index (χ0) is 18.8. The van der Waals surface area contributed by atoms with Crippen LogP contribution in [0, 0.1) is 0 Å². The van der Waals surface area contributed by atoms with Gasteiger partial charge in [0.05, 0.1) is 7.11 Å². The first-order valence-corrected chi connectivity index (χ1v) is 9.83. The van der Waals surface area contributed by atoms with Gasteiger partial charge >= 0.3 is 0 Å². The van der Waals surface area contributed by atoms with E-state index in [4.69, 9.17) is 9.26 Å². The average molecular weight is 381 g/mol. The van der Waals surface area contributed by atoms with Crippen LogP contribution < -0.4 is 9.64 Å². The average Bonchev–Trinajstić information content (AvgIpc) is 3.35. The molecular formula is C20H19N3O3S. The van der Waals surface area contributed by atoms with Crippen molar-refractivity contribution in [1.29, 1.82) is 0 Å². The summed E-state index contributed by atoms with van der Waals surface area (Å²) in [4.78, 5) is 20.0. The van der Waals surface area contributed by atoms with Gasteiger partial charge in [0.15, 0.2) is 5.82 Å². The zero-order valence-electron chi connectivity index (χ0n) is 15.1. The highest BCUT2D eigenvalue weighted by Gasteiger charge is 2.34. The van der Waals surface area contributed by atoms with Crippen LogP contribution in [0.4, 0.5) is 5.69 Å². The maximum absolute atomic E-state index is 12.5. The van der Waals surface area contributed by atoms with Crippen LogP contribution in [0.2, 0.25) is 0 Å². The first-order chi connectivity index (χ1) is 13.2. The molecule has 0 aliphatic carbocycles. The Labute approximate surface area is 161 Å². The van der Waals surface area contributed by atoms with Crippen LogP contribution in [-0.4, -0.2) is 36.0 Å². The monoisotopic (exact) mass is 381 g/mol. The number of hydrogen-bond donors (Lipinski definition) is 0. The second-order valence-electron chi connectivity index (χ2n) is 6.29. The molecule has 1 aliphatic rings. The summed E-state index contributed by atoms with van der Waals surface area (Å²) in [5, 5.41) is 4.11. The number of benzene rings is 2. The van der Waals surface area contributed by atoms with Crippen molar-refractivity contribution in [2.24, 2.45) is 0 Å². The fourth-order valence-electron chi connectivity index (χ4n) is 3.16. The van der Waals surface area contributed by atoms with E-state index in [-0.39, 0.29) is 11.8 Å². The Morgan fingerprint density at radius 2 is 2.04 bits per heavy atom. The molecule has 6 nitrogen and oxygen atoms in total. The van der Waals surface area contributed by atoms with Crippen LogP contribution in [0.5, 0.6) is 5.75 Å². The SMILES string of the molecule is COc1ccc(-c2nc(C3CC(=O)N(c4cccc(SC)c4)C3)no2)cc1. The summed E-state index contributed by atoms with van der Waals surface area (Å²) >= 11 is 1.66. The maximum atomic E-state index is 12.5. The minimum absolute atomic E-state index is 0.0776. The second-order valence-corrected chi connectivity index (χ2v) is 7.17. The molecular weight excluding hydrogens is 362 g/mol. The van der Waals surface area contributed by atoms with Gasteiger partial charge in [-0.05, 0) is 48.7 Å². The van der Waals surface area contributed by atoms with E-state index in [0.717, 1.165) is 21.9 Å². The number of ether oxygens (including phenoxy) is 1. The minimum atomic E-state index is -0.0776. The third kappa shape index (κ3) is 3.55. The molecule has 1 saturated heterocycles. The Bertz CT molecular complexity index is 955. The van der Waals surface area contributed by atoms with E-state index in [1.165, 1.54) is 0 Å². The highest BCUT2D eigenvalue weighted by atomic mass is 32.2. The maximum Gasteiger partial charge on any atom is 0.257 e. The standard InChI is InChI=1S/C20H19N3O3S/c1-25-16-8-6-13(7-9-16)20-21-19(22-26-20)14-10-18(24)23(12-14)15-4-3-5-17(11-15)27-2/h3-9,11,14H,10,12H2,1-2H3. The molecule has 27 heavy (non-hydrogen) atoms. The van der Waals surface area contributed by atoms with Crippen LogP contribution in [0.15, 0.2) is 57.9 Å². The highest BCUT2D eigenvalue weighted by Crippen LogP contribution is 2.33. The van der Waals surface area contributed by atoms with E-state index >= 15 is 0 Å². The predicted molar refractivity (Wildman–Crippen MR) is 104 cm³/mol. The van der Waals surface area contributed by atoms with Crippen molar-refractivity contribution in [3.8, 4) is 17.2 Å². The van der Waals surface area contributed by atoms with Crippen LogP contribution in [-0.2, 0) is 4.79 Å². The third-order valence-corrected chi connectivity index (χ3v) is 5.36. The lowest BCUT2D eigenvalue weighted by Gasteiger charge is -2.16. The molecule has 0 spiro atoms. The molecule has 1 amide bonds. The molecule has 3 aromatic rings. The number of aromatic nitrogens is 2. The van der Waals surface area contributed by atoms with Crippen molar-refractivity contribution >= 4 is 23.4 Å².